The molecule has 1 N–H and O–H groups in total. The van der Waals surface area contributed by atoms with Crippen molar-refractivity contribution < 1.29 is 18.4 Å². The number of carbonyl (C=O) groups excluding carboxylic acids is 2. The highest BCUT2D eigenvalue weighted by Gasteiger charge is 2.41. The first-order chi connectivity index (χ1) is 14.4. The van der Waals surface area contributed by atoms with Crippen LogP contribution < -0.4 is 10.2 Å². The van der Waals surface area contributed by atoms with Crippen LogP contribution in [0.3, 0.4) is 0 Å². The summed E-state index contributed by atoms with van der Waals surface area (Å²) in [5.41, 5.74) is 2.78. The summed E-state index contributed by atoms with van der Waals surface area (Å²) in [4.78, 5) is 27.2. The molecule has 0 bridgehead atoms. The summed E-state index contributed by atoms with van der Waals surface area (Å²) in [5.74, 6) is -3.07. The average Bonchev–Trinajstić information content (AvgIpc) is 2.96. The minimum atomic E-state index is -0.863. The number of nitrogens with one attached hydrogen (secondary N) is 1. The minimum absolute atomic E-state index is 0.0121. The lowest BCUT2D eigenvalue weighted by Crippen LogP contribution is -2.33. The summed E-state index contributed by atoms with van der Waals surface area (Å²) in [5, 5.41) is 2.99. The Morgan fingerprint density at radius 1 is 0.800 bits per heavy atom. The van der Waals surface area contributed by atoms with E-state index in [2.05, 4.69) is 5.32 Å². The number of halogens is 2. The van der Waals surface area contributed by atoms with Crippen molar-refractivity contribution in [1.82, 2.24) is 0 Å². The third-order valence-corrected chi connectivity index (χ3v) is 5.07. The molecule has 1 aliphatic rings. The first-order valence-corrected chi connectivity index (χ1v) is 9.34. The van der Waals surface area contributed by atoms with E-state index in [-0.39, 0.29) is 11.3 Å². The Morgan fingerprint density at radius 2 is 1.53 bits per heavy atom. The number of aryl methyl sites for hydroxylation is 2. The molecule has 2 amide bonds. The fourth-order valence-electron chi connectivity index (χ4n) is 3.35. The van der Waals surface area contributed by atoms with Gasteiger partial charge in [-0.3, -0.25) is 9.59 Å². The summed E-state index contributed by atoms with van der Waals surface area (Å²) in [6, 6.07) is 16.9. The van der Waals surface area contributed by atoms with E-state index < -0.39 is 29.1 Å². The molecule has 0 aromatic heterocycles. The zero-order valence-electron chi connectivity index (χ0n) is 16.4. The van der Waals surface area contributed by atoms with Gasteiger partial charge < -0.3 is 5.32 Å². The normalized spacial score (nSPS) is 13.9. The van der Waals surface area contributed by atoms with Gasteiger partial charge in [-0.1, -0.05) is 36.4 Å². The van der Waals surface area contributed by atoms with Crippen LogP contribution in [-0.2, 0) is 9.59 Å². The molecule has 4 rings (SSSR count). The van der Waals surface area contributed by atoms with Gasteiger partial charge in [-0.05, 0) is 54.8 Å². The minimum Gasteiger partial charge on any atom is -0.350 e. The molecule has 3 aromatic carbocycles. The Hall–Kier alpha value is -3.80. The quantitative estimate of drug-likeness (QED) is 0.624. The SMILES string of the molecule is Cc1ccc(C2=C(Nc3ccccc3)C(=O)N(c3cc(F)ccc3F)C2=O)cc1C. The highest BCUT2D eigenvalue weighted by Crippen LogP contribution is 2.35. The second-order valence-electron chi connectivity index (χ2n) is 7.08. The zero-order chi connectivity index (χ0) is 21.4. The maximum atomic E-state index is 14.4. The van der Waals surface area contributed by atoms with Crippen LogP contribution in [0.15, 0.2) is 72.4 Å². The molecule has 1 heterocycles. The van der Waals surface area contributed by atoms with Crippen molar-refractivity contribution in [3.8, 4) is 0 Å². The number of rotatable bonds is 4. The predicted octanol–water partition coefficient (Wildman–Crippen LogP) is 4.98. The second-order valence-corrected chi connectivity index (χ2v) is 7.08. The molecule has 0 saturated heterocycles. The smallest absolute Gasteiger partial charge is 0.282 e. The lowest BCUT2D eigenvalue weighted by atomic mass is 9.99. The van der Waals surface area contributed by atoms with E-state index in [1.807, 2.05) is 26.0 Å². The van der Waals surface area contributed by atoms with Crippen molar-refractivity contribution in [2.24, 2.45) is 0 Å². The fourth-order valence-corrected chi connectivity index (χ4v) is 3.35. The lowest BCUT2D eigenvalue weighted by molar-refractivity contribution is -0.120. The molecule has 150 valence electrons. The number of nitrogens with zero attached hydrogens (tertiary/aromatic N) is 1. The van der Waals surface area contributed by atoms with E-state index in [1.165, 1.54) is 0 Å². The van der Waals surface area contributed by atoms with E-state index >= 15 is 0 Å². The highest BCUT2D eigenvalue weighted by atomic mass is 19.1. The first-order valence-electron chi connectivity index (χ1n) is 9.34. The van der Waals surface area contributed by atoms with Gasteiger partial charge in [-0.2, -0.15) is 0 Å². The molecule has 4 nitrogen and oxygen atoms in total. The molecular formula is C24H18F2N2O2. The molecule has 0 unspecified atom stereocenters. The summed E-state index contributed by atoms with van der Waals surface area (Å²) < 4.78 is 28.2. The zero-order valence-corrected chi connectivity index (χ0v) is 16.4. The van der Waals surface area contributed by atoms with Gasteiger partial charge >= 0.3 is 0 Å². The van der Waals surface area contributed by atoms with E-state index in [0.29, 0.717) is 16.2 Å². The van der Waals surface area contributed by atoms with Crippen molar-refractivity contribution in [1.29, 1.82) is 0 Å². The molecule has 0 fully saturated rings. The van der Waals surface area contributed by atoms with Gasteiger partial charge in [-0.25, -0.2) is 13.7 Å². The predicted molar refractivity (Wildman–Crippen MR) is 112 cm³/mol. The van der Waals surface area contributed by atoms with E-state index in [4.69, 9.17) is 0 Å². The van der Waals surface area contributed by atoms with Crippen LogP contribution in [0.2, 0.25) is 0 Å². The lowest BCUT2D eigenvalue weighted by Gasteiger charge is -2.16. The molecular weight excluding hydrogens is 386 g/mol. The maximum Gasteiger partial charge on any atom is 0.282 e. The van der Waals surface area contributed by atoms with Crippen LogP contribution in [0, 0.1) is 25.5 Å². The highest BCUT2D eigenvalue weighted by molar-refractivity contribution is 6.46. The third kappa shape index (κ3) is 3.37. The van der Waals surface area contributed by atoms with Crippen LogP contribution >= 0.6 is 0 Å². The van der Waals surface area contributed by atoms with Crippen LogP contribution in [0.25, 0.3) is 5.57 Å². The molecule has 0 radical (unpaired) electrons. The number of carbonyl (C=O) groups is 2. The molecule has 6 heteroatoms. The monoisotopic (exact) mass is 404 g/mol. The first kappa shape index (κ1) is 19.5. The number of hydrogen-bond acceptors (Lipinski definition) is 3. The standard InChI is InChI=1S/C24H18F2N2O2/c1-14-8-9-16(12-15(14)2)21-22(27-18-6-4-3-5-7-18)24(30)28(23(21)29)20-13-17(25)10-11-19(20)26/h3-13,27H,1-2H3. The Bertz CT molecular complexity index is 1200. The molecule has 3 aromatic rings. The van der Waals surface area contributed by atoms with Gasteiger partial charge in [0.2, 0.25) is 0 Å². The molecule has 1 aliphatic heterocycles. The van der Waals surface area contributed by atoms with Gasteiger partial charge in [0, 0.05) is 11.8 Å². The summed E-state index contributed by atoms with van der Waals surface area (Å²) in [6.45, 7) is 3.83. The second kappa shape index (κ2) is 7.55. The Kier molecular flexibility index (Phi) is 4.91. The number of benzene rings is 3. The number of amides is 2. The van der Waals surface area contributed by atoms with Crippen LogP contribution in [0.1, 0.15) is 16.7 Å². The number of hydrogen-bond donors (Lipinski definition) is 1. The van der Waals surface area contributed by atoms with Gasteiger partial charge in [0.1, 0.15) is 17.3 Å². The van der Waals surface area contributed by atoms with Crippen molar-refractivity contribution in [2.45, 2.75) is 13.8 Å². The van der Waals surface area contributed by atoms with E-state index in [9.17, 15) is 18.4 Å². The summed E-state index contributed by atoms with van der Waals surface area (Å²) >= 11 is 0. The summed E-state index contributed by atoms with van der Waals surface area (Å²) in [6.07, 6.45) is 0. The van der Waals surface area contributed by atoms with Gasteiger partial charge in [-0.15, -0.1) is 0 Å². The van der Waals surface area contributed by atoms with E-state index in [0.717, 1.165) is 29.3 Å². The van der Waals surface area contributed by atoms with Crippen LogP contribution in [0.5, 0.6) is 0 Å². The fraction of sp³-hybridized carbons (Fsp3) is 0.0833. The van der Waals surface area contributed by atoms with Crippen LogP contribution in [-0.4, -0.2) is 11.8 Å². The maximum absolute atomic E-state index is 14.4. The van der Waals surface area contributed by atoms with Crippen molar-refractivity contribution in [3.63, 3.8) is 0 Å². The van der Waals surface area contributed by atoms with Gasteiger partial charge in [0.15, 0.2) is 0 Å². The van der Waals surface area contributed by atoms with Crippen LogP contribution in [0.4, 0.5) is 20.2 Å². The van der Waals surface area contributed by atoms with E-state index in [1.54, 1.807) is 36.4 Å². The van der Waals surface area contributed by atoms with Crippen molar-refractivity contribution in [3.05, 3.63) is 101 Å². The number of anilines is 2. The Morgan fingerprint density at radius 3 is 2.23 bits per heavy atom. The molecule has 0 saturated carbocycles. The third-order valence-electron chi connectivity index (χ3n) is 5.07. The molecule has 0 atom stereocenters. The topological polar surface area (TPSA) is 49.4 Å². The number of para-hydroxylation sites is 1. The van der Waals surface area contributed by atoms with Gasteiger partial charge in [0.05, 0.1) is 11.3 Å². The molecule has 0 aliphatic carbocycles. The van der Waals surface area contributed by atoms with Crippen molar-refractivity contribution >= 4 is 28.8 Å². The van der Waals surface area contributed by atoms with Gasteiger partial charge in [0.25, 0.3) is 11.8 Å². The molecule has 30 heavy (non-hydrogen) atoms. The molecule has 0 spiro atoms. The average molecular weight is 404 g/mol. The Labute approximate surface area is 172 Å². The Balaban J connectivity index is 1.88. The largest absolute Gasteiger partial charge is 0.350 e. The number of imide groups is 1. The van der Waals surface area contributed by atoms with Crippen molar-refractivity contribution in [2.75, 3.05) is 10.2 Å². The summed E-state index contributed by atoms with van der Waals surface area (Å²) in [7, 11) is 0.